The van der Waals surface area contributed by atoms with Crippen LogP contribution in [0.5, 0.6) is 0 Å². The van der Waals surface area contributed by atoms with Crippen molar-refractivity contribution < 1.29 is 20.8 Å². The van der Waals surface area contributed by atoms with Gasteiger partial charge in [0, 0.05) is 0 Å². The monoisotopic (exact) mass is 492 g/mol. The molecule has 0 spiro atoms. The van der Waals surface area contributed by atoms with Gasteiger partial charge in [-0.1, -0.05) is 95.9 Å². The van der Waals surface area contributed by atoms with Crippen LogP contribution < -0.4 is 0 Å². The summed E-state index contributed by atoms with van der Waals surface area (Å²) < 4.78 is 0. The van der Waals surface area contributed by atoms with E-state index in [0.717, 1.165) is 23.7 Å². The average molecular weight is 495 g/mol. The molecule has 0 bridgehead atoms. The van der Waals surface area contributed by atoms with E-state index < -0.39 is 20.8 Å². The second kappa shape index (κ2) is 20.2. The molecule has 27 heavy (non-hydrogen) atoms. The predicted molar refractivity (Wildman–Crippen MR) is 124 cm³/mol. The second-order valence-electron chi connectivity index (χ2n) is 7.85. The molecule has 158 valence electrons. The van der Waals surface area contributed by atoms with Crippen LogP contribution in [0.1, 0.15) is 90.9 Å². The topological polar surface area (TPSA) is 0 Å². The predicted octanol–water partition coefficient (Wildman–Crippen LogP) is 9.59. The van der Waals surface area contributed by atoms with Gasteiger partial charge in [-0.25, -0.2) is 0 Å². The van der Waals surface area contributed by atoms with E-state index in [4.69, 9.17) is 17.0 Å². The standard InChI is InChI=1S/C13H20.C9H18.2CH3.2ClH.Zr/c1-2-3-6-11-9-10-12-7-4-5-8-13(11)12;1-2-3-6-9-7-4-5-8-9;;;;;/h4-5,7-8,11-13H,2-3,6,9-10H2,1H3;9H,2-8H2,1H3;2*1H3;2*1H;/q;;2*-1;;;+4/p-2. The van der Waals surface area contributed by atoms with Gasteiger partial charge in [-0.05, 0) is 42.9 Å². The van der Waals surface area contributed by atoms with Gasteiger partial charge in [-0.15, -0.1) is 0 Å². The molecule has 0 nitrogen and oxygen atoms in total. The minimum absolute atomic E-state index is 0. The summed E-state index contributed by atoms with van der Waals surface area (Å²) in [6.07, 6.45) is 26.9. The first-order valence-corrected chi connectivity index (χ1v) is 16.9. The zero-order chi connectivity index (χ0) is 18.3. The number of halogens is 2. The number of fused-ring (bicyclic) bond motifs is 1. The van der Waals surface area contributed by atoms with E-state index >= 15 is 0 Å². The maximum absolute atomic E-state index is 4.93. The minimum atomic E-state index is -0.826. The fourth-order valence-electron chi connectivity index (χ4n) is 4.66. The van der Waals surface area contributed by atoms with Crippen molar-refractivity contribution in [2.24, 2.45) is 23.7 Å². The number of hydrogen-bond donors (Lipinski definition) is 0. The van der Waals surface area contributed by atoms with E-state index in [2.05, 4.69) is 38.2 Å². The zero-order valence-electron chi connectivity index (χ0n) is 18.4. The third-order valence-electron chi connectivity index (χ3n) is 6.08. The molecular formula is C24H44Cl2Zr. The second-order valence-corrected chi connectivity index (χ2v) is 11.6. The Kier molecular flexibility index (Phi) is 22.6. The first-order valence-electron chi connectivity index (χ1n) is 10.6. The van der Waals surface area contributed by atoms with E-state index in [1.807, 2.05) is 0 Å². The fraction of sp³-hybridized carbons (Fsp3) is 0.750. The summed E-state index contributed by atoms with van der Waals surface area (Å²) in [7, 11) is 9.87. The number of rotatable bonds is 6. The number of allylic oxidation sites excluding steroid dienone is 4. The van der Waals surface area contributed by atoms with E-state index in [1.54, 1.807) is 0 Å². The number of unbranched alkanes of at least 4 members (excludes halogenated alkanes) is 2. The van der Waals surface area contributed by atoms with Gasteiger partial charge in [0.1, 0.15) is 0 Å². The van der Waals surface area contributed by atoms with Crippen molar-refractivity contribution in [1.82, 2.24) is 0 Å². The fourth-order valence-corrected chi connectivity index (χ4v) is 4.66. The molecule has 0 aromatic rings. The van der Waals surface area contributed by atoms with Gasteiger partial charge < -0.3 is 14.9 Å². The molecule has 0 heterocycles. The van der Waals surface area contributed by atoms with E-state index in [0.29, 0.717) is 0 Å². The van der Waals surface area contributed by atoms with Crippen LogP contribution in [-0.2, 0) is 20.8 Å². The van der Waals surface area contributed by atoms with Crippen LogP contribution >= 0.6 is 17.0 Å². The molecule has 3 rings (SSSR count). The Morgan fingerprint density at radius 1 is 0.815 bits per heavy atom. The van der Waals surface area contributed by atoms with Gasteiger partial charge in [-0.3, -0.25) is 0 Å². The van der Waals surface area contributed by atoms with Crippen molar-refractivity contribution in [1.29, 1.82) is 0 Å². The molecule has 3 heteroatoms. The first kappa shape index (κ1) is 30.1. The molecule has 0 aromatic carbocycles. The molecule has 2 saturated carbocycles. The number of hydrogen-bond acceptors (Lipinski definition) is 0. The van der Waals surface area contributed by atoms with Gasteiger partial charge in [-0.2, -0.15) is 0 Å². The summed E-state index contributed by atoms with van der Waals surface area (Å²) in [6.45, 7) is 4.58. The molecular weight excluding hydrogens is 450 g/mol. The summed E-state index contributed by atoms with van der Waals surface area (Å²) in [4.78, 5) is 0. The van der Waals surface area contributed by atoms with Crippen molar-refractivity contribution in [2.45, 2.75) is 90.9 Å². The Balaban J connectivity index is 0. The Hall–Kier alpha value is 0.943. The van der Waals surface area contributed by atoms with Crippen molar-refractivity contribution in [3.05, 3.63) is 39.2 Å². The van der Waals surface area contributed by atoms with Gasteiger partial charge >= 0.3 is 37.9 Å². The van der Waals surface area contributed by atoms with Crippen LogP contribution in [0.4, 0.5) is 0 Å². The maximum atomic E-state index is 4.93. The van der Waals surface area contributed by atoms with Gasteiger partial charge in [0.25, 0.3) is 0 Å². The first-order chi connectivity index (χ1) is 12.3. The Morgan fingerprint density at radius 3 is 1.96 bits per heavy atom. The van der Waals surface area contributed by atoms with E-state index in [9.17, 15) is 0 Å². The van der Waals surface area contributed by atoms with Crippen molar-refractivity contribution in [2.75, 3.05) is 0 Å². The molecule has 2 fully saturated rings. The van der Waals surface area contributed by atoms with Crippen LogP contribution in [0, 0.1) is 38.5 Å². The average Bonchev–Trinajstić information content (AvgIpc) is 3.29. The van der Waals surface area contributed by atoms with Crippen LogP contribution in [0.25, 0.3) is 0 Å². The molecule has 0 aliphatic heterocycles. The quantitative estimate of drug-likeness (QED) is 0.322. The SMILES string of the molecule is CCCCC1CCC2C=CC=CC21.CCCCC1CCCC1.[CH3-].[CH3-].[Cl][Zr+2][Cl]. The molecule has 3 aliphatic carbocycles. The summed E-state index contributed by atoms with van der Waals surface area (Å²) in [6, 6.07) is 0. The molecule has 0 saturated heterocycles. The molecule has 0 N–H and O–H groups in total. The summed E-state index contributed by atoms with van der Waals surface area (Å²) in [5.74, 6) is 3.87. The summed E-state index contributed by atoms with van der Waals surface area (Å²) >= 11 is -0.826. The van der Waals surface area contributed by atoms with E-state index in [1.165, 1.54) is 77.0 Å². The van der Waals surface area contributed by atoms with Gasteiger partial charge in [0.05, 0.1) is 0 Å². The molecule has 3 atom stereocenters. The normalized spacial score (nSPS) is 25.0. The molecule has 0 aromatic heterocycles. The van der Waals surface area contributed by atoms with Crippen molar-refractivity contribution >= 4 is 17.0 Å². The van der Waals surface area contributed by atoms with Crippen LogP contribution in [0.15, 0.2) is 24.3 Å². The van der Waals surface area contributed by atoms with Crippen molar-refractivity contribution in [3.63, 3.8) is 0 Å². The third-order valence-corrected chi connectivity index (χ3v) is 6.08. The van der Waals surface area contributed by atoms with Crippen LogP contribution in [0.2, 0.25) is 0 Å². The molecule has 0 radical (unpaired) electrons. The van der Waals surface area contributed by atoms with Crippen molar-refractivity contribution in [3.8, 4) is 0 Å². The zero-order valence-corrected chi connectivity index (χ0v) is 22.3. The summed E-state index contributed by atoms with van der Waals surface area (Å²) in [5, 5.41) is 0. The van der Waals surface area contributed by atoms with Crippen LogP contribution in [0.3, 0.4) is 0 Å². The Morgan fingerprint density at radius 2 is 1.37 bits per heavy atom. The Bertz CT molecular complexity index is 361. The van der Waals surface area contributed by atoms with Gasteiger partial charge in [0.2, 0.25) is 0 Å². The van der Waals surface area contributed by atoms with Gasteiger partial charge in [0.15, 0.2) is 0 Å². The molecule has 0 amide bonds. The summed E-state index contributed by atoms with van der Waals surface area (Å²) in [5.41, 5.74) is 0. The molecule has 3 unspecified atom stereocenters. The van der Waals surface area contributed by atoms with Crippen LogP contribution in [-0.4, -0.2) is 0 Å². The Labute approximate surface area is 190 Å². The molecule has 3 aliphatic rings. The third kappa shape index (κ3) is 13.0. The van der Waals surface area contributed by atoms with E-state index in [-0.39, 0.29) is 14.9 Å².